The zero-order chi connectivity index (χ0) is 45.0. The monoisotopic (exact) mass is 885 g/mol. The summed E-state index contributed by atoms with van der Waals surface area (Å²) in [7, 11) is 1.48. The molecule has 61 heavy (non-hydrogen) atoms. The normalized spacial score (nSPS) is 13.6. The van der Waals surface area contributed by atoms with Gasteiger partial charge in [-0.25, -0.2) is 4.57 Å². The highest BCUT2D eigenvalue weighted by atomic mass is 31.2. The number of phosphoric ester groups is 1. The van der Waals surface area contributed by atoms with Crippen molar-refractivity contribution in [3.63, 3.8) is 0 Å². The lowest BCUT2D eigenvalue weighted by atomic mass is 10.0. The van der Waals surface area contributed by atoms with Crippen molar-refractivity contribution in [1.82, 2.24) is 0 Å². The number of phosphoric acid groups is 1. The molecule has 0 aromatic rings. The van der Waals surface area contributed by atoms with E-state index in [2.05, 4.69) is 38.2 Å². The van der Waals surface area contributed by atoms with Gasteiger partial charge in [-0.15, -0.1) is 0 Å². The van der Waals surface area contributed by atoms with E-state index in [1.165, 1.54) is 154 Å². The van der Waals surface area contributed by atoms with Crippen LogP contribution in [0.3, 0.4) is 0 Å². The molecule has 0 radical (unpaired) electrons. The predicted octanol–water partition coefficient (Wildman–Crippen LogP) is 15.1. The molecule has 0 saturated carbocycles. The van der Waals surface area contributed by atoms with E-state index < -0.39 is 26.5 Å². The SMILES string of the molecule is CCCCC/C=C/C/C=C/CCCCCCCCCC(=O)OC[C@H](COP(=O)(O)OCC[N+](C)(C)C)OC(=O)CCCCCCCCCCCCCCCCCCCCCC. The average Bonchev–Trinajstić information content (AvgIpc) is 3.21. The van der Waals surface area contributed by atoms with Gasteiger partial charge in [-0.05, 0) is 44.9 Å². The van der Waals surface area contributed by atoms with Crippen molar-refractivity contribution in [1.29, 1.82) is 0 Å². The van der Waals surface area contributed by atoms with Crippen molar-refractivity contribution in [2.24, 2.45) is 0 Å². The number of carbonyl (C=O) groups excluding carboxylic acids is 2. The number of unbranched alkanes of at least 4 members (excludes halogenated alkanes) is 29. The van der Waals surface area contributed by atoms with Gasteiger partial charge in [0.15, 0.2) is 6.10 Å². The summed E-state index contributed by atoms with van der Waals surface area (Å²) >= 11 is 0. The van der Waals surface area contributed by atoms with Gasteiger partial charge < -0.3 is 18.9 Å². The number of carbonyl (C=O) groups is 2. The largest absolute Gasteiger partial charge is 0.472 e. The smallest absolute Gasteiger partial charge is 0.462 e. The number of allylic oxidation sites excluding steroid dienone is 4. The standard InChI is InChI=1S/C51H98NO8P/c1-6-8-10-12-14-16-18-20-22-24-25-26-28-30-32-34-36-38-40-42-44-51(54)60-49(48-59-61(55,56)58-46-45-52(3,4)5)47-57-50(53)43-41-39-37-35-33-31-29-27-23-21-19-17-15-13-11-9-7-2/h15,17,21,23,49H,6-14,16,18-20,22,24-48H2,1-5H3/p+1/b17-15+,23-21+/t49-/m1/s1. The first-order chi connectivity index (χ1) is 29.5. The second kappa shape index (κ2) is 43.7. The van der Waals surface area contributed by atoms with Gasteiger partial charge >= 0.3 is 19.8 Å². The molecule has 1 unspecified atom stereocenters. The van der Waals surface area contributed by atoms with Crippen molar-refractivity contribution in [2.75, 3.05) is 47.5 Å². The zero-order valence-electron chi connectivity index (χ0n) is 40.7. The molecule has 1 N–H and O–H groups in total. The molecule has 0 aliphatic carbocycles. The number of quaternary nitrogens is 1. The second-order valence-corrected chi connectivity index (χ2v) is 20.0. The molecule has 360 valence electrons. The fraction of sp³-hybridized carbons (Fsp3) is 0.882. The van der Waals surface area contributed by atoms with E-state index in [4.69, 9.17) is 18.5 Å². The lowest BCUT2D eigenvalue weighted by molar-refractivity contribution is -0.870. The highest BCUT2D eigenvalue weighted by Crippen LogP contribution is 2.43. The summed E-state index contributed by atoms with van der Waals surface area (Å²) in [6.07, 6.45) is 49.4. The van der Waals surface area contributed by atoms with Gasteiger partial charge in [-0.3, -0.25) is 18.6 Å². The first-order valence-corrected chi connectivity index (χ1v) is 27.1. The number of likely N-dealkylation sites (N-methyl/N-ethyl adjacent to an activating group) is 1. The Bertz CT molecular complexity index is 1090. The number of esters is 2. The van der Waals surface area contributed by atoms with Gasteiger partial charge in [0.2, 0.25) is 0 Å². The van der Waals surface area contributed by atoms with Crippen LogP contribution in [0.1, 0.15) is 239 Å². The van der Waals surface area contributed by atoms with Gasteiger partial charge in [-0.2, -0.15) is 0 Å². The van der Waals surface area contributed by atoms with Gasteiger partial charge in [0.25, 0.3) is 0 Å². The van der Waals surface area contributed by atoms with Crippen LogP contribution in [0.2, 0.25) is 0 Å². The molecular weight excluding hydrogens is 786 g/mol. The zero-order valence-corrected chi connectivity index (χ0v) is 41.6. The van der Waals surface area contributed by atoms with Crippen LogP contribution in [-0.2, 0) is 32.7 Å². The number of ether oxygens (including phenoxy) is 2. The maximum absolute atomic E-state index is 12.8. The summed E-state index contributed by atoms with van der Waals surface area (Å²) in [5.74, 6) is -0.795. The van der Waals surface area contributed by atoms with Crippen LogP contribution in [0.15, 0.2) is 24.3 Å². The Balaban J connectivity index is 4.24. The third-order valence-electron chi connectivity index (χ3n) is 11.2. The number of nitrogens with zero attached hydrogens (tertiary/aromatic N) is 1. The van der Waals surface area contributed by atoms with Crippen LogP contribution < -0.4 is 0 Å². The van der Waals surface area contributed by atoms with Crippen molar-refractivity contribution >= 4 is 19.8 Å². The molecular formula is C51H99NO8P+. The topological polar surface area (TPSA) is 108 Å². The first kappa shape index (κ1) is 59.5. The molecule has 0 rings (SSSR count). The highest BCUT2D eigenvalue weighted by Gasteiger charge is 2.27. The van der Waals surface area contributed by atoms with Gasteiger partial charge in [-0.1, -0.05) is 205 Å². The molecule has 0 fully saturated rings. The third kappa shape index (κ3) is 47.8. The third-order valence-corrected chi connectivity index (χ3v) is 12.2. The van der Waals surface area contributed by atoms with Crippen LogP contribution in [-0.4, -0.2) is 74.9 Å². The molecule has 0 amide bonds. The van der Waals surface area contributed by atoms with Crippen LogP contribution in [0.25, 0.3) is 0 Å². The number of hydrogen-bond acceptors (Lipinski definition) is 7. The molecule has 0 bridgehead atoms. The van der Waals surface area contributed by atoms with Crippen molar-refractivity contribution in [3.8, 4) is 0 Å². The summed E-state index contributed by atoms with van der Waals surface area (Å²) in [4.78, 5) is 35.5. The number of rotatable bonds is 47. The minimum atomic E-state index is -4.38. The Morgan fingerprint density at radius 2 is 0.885 bits per heavy atom. The summed E-state index contributed by atoms with van der Waals surface area (Å²) in [5, 5.41) is 0. The van der Waals surface area contributed by atoms with Crippen LogP contribution in [0, 0.1) is 0 Å². The van der Waals surface area contributed by atoms with Crippen LogP contribution in [0.4, 0.5) is 0 Å². The van der Waals surface area contributed by atoms with Gasteiger partial charge in [0.1, 0.15) is 19.8 Å². The van der Waals surface area contributed by atoms with Gasteiger partial charge in [0.05, 0.1) is 27.7 Å². The summed E-state index contributed by atoms with van der Waals surface area (Å²) in [6, 6.07) is 0. The molecule has 0 heterocycles. The maximum Gasteiger partial charge on any atom is 0.472 e. The Morgan fingerprint density at radius 1 is 0.508 bits per heavy atom. The fourth-order valence-corrected chi connectivity index (χ4v) is 7.96. The minimum Gasteiger partial charge on any atom is -0.462 e. The quantitative estimate of drug-likeness (QED) is 0.0212. The van der Waals surface area contributed by atoms with E-state index in [9.17, 15) is 19.0 Å². The molecule has 9 nitrogen and oxygen atoms in total. The predicted molar refractivity (Wildman–Crippen MR) is 257 cm³/mol. The maximum atomic E-state index is 12.8. The molecule has 0 aromatic carbocycles. The fourth-order valence-electron chi connectivity index (χ4n) is 7.22. The van der Waals surface area contributed by atoms with Crippen LogP contribution in [0.5, 0.6) is 0 Å². The number of hydrogen-bond donors (Lipinski definition) is 1. The van der Waals surface area contributed by atoms with E-state index in [0.717, 1.165) is 51.4 Å². The van der Waals surface area contributed by atoms with E-state index >= 15 is 0 Å². The minimum absolute atomic E-state index is 0.0326. The lowest BCUT2D eigenvalue weighted by Gasteiger charge is -2.24. The van der Waals surface area contributed by atoms with Gasteiger partial charge in [0, 0.05) is 12.8 Å². The Labute approximate surface area is 377 Å². The van der Waals surface area contributed by atoms with E-state index in [1.54, 1.807) is 0 Å². The first-order valence-electron chi connectivity index (χ1n) is 25.6. The van der Waals surface area contributed by atoms with Crippen molar-refractivity contribution in [3.05, 3.63) is 24.3 Å². The Kier molecular flexibility index (Phi) is 42.6. The molecule has 0 saturated heterocycles. The Hall–Kier alpha value is -1.51. The van der Waals surface area contributed by atoms with Crippen molar-refractivity contribution < 1.29 is 42.1 Å². The van der Waals surface area contributed by atoms with E-state index in [0.29, 0.717) is 17.4 Å². The summed E-state index contributed by atoms with van der Waals surface area (Å²) in [5.41, 5.74) is 0. The molecule has 0 aliphatic heterocycles. The molecule has 0 aliphatic rings. The van der Waals surface area contributed by atoms with Crippen LogP contribution >= 0.6 is 7.82 Å². The molecule has 10 heteroatoms. The van der Waals surface area contributed by atoms with E-state index in [-0.39, 0.29) is 32.0 Å². The lowest BCUT2D eigenvalue weighted by Crippen LogP contribution is -2.37. The summed E-state index contributed by atoms with van der Waals surface area (Å²) < 4.78 is 34.5. The second-order valence-electron chi connectivity index (χ2n) is 18.6. The Morgan fingerprint density at radius 3 is 1.33 bits per heavy atom. The molecule has 2 atom stereocenters. The average molecular weight is 885 g/mol. The molecule has 0 aromatic heterocycles. The van der Waals surface area contributed by atoms with Crippen molar-refractivity contribution in [2.45, 2.75) is 245 Å². The summed E-state index contributed by atoms with van der Waals surface area (Å²) in [6.45, 7) is 4.43. The highest BCUT2D eigenvalue weighted by molar-refractivity contribution is 7.47. The molecule has 0 spiro atoms. The van der Waals surface area contributed by atoms with E-state index in [1.807, 2.05) is 21.1 Å².